The third kappa shape index (κ3) is 7.05. The van der Waals surface area contributed by atoms with E-state index in [1.165, 1.54) is 32.1 Å². The summed E-state index contributed by atoms with van der Waals surface area (Å²) < 4.78 is 5.69. The van der Waals surface area contributed by atoms with Crippen molar-refractivity contribution in [2.24, 2.45) is 11.3 Å². The predicted octanol–water partition coefficient (Wildman–Crippen LogP) is 3.61. The van der Waals surface area contributed by atoms with Gasteiger partial charge in [0.2, 0.25) is 0 Å². The van der Waals surface area contributed by atoms with Crippen molar-refractivity contribution in [1.82, 2.24) is 5.32 Å². The first-order valence-electron chi connectivity index (χ1n) is 7.35. The molecule has 0 heterocycles. The SMILES string of the molecule is CCCCOCCC(CNC1CC1)C(C)(C)C. The summed E-state index contributed by atoms with van der Waals surface area (Å²) in [5.41, 5.74) is 0.385. The molecule has 1 fully saturated rings. The van der Waals surface area contributed by atoms with Gasteiger partial charge in [0.25, 0.3) is 0 Å². The summed E-state index contributed by atoms with van der Waals surface area (Å²) in [7, 11) is 0. The van der Waals surface area contributed by atoms with Crippen LogP contribution in [0.3, 0.4) is 0 Å². The minimum atomic E-state index is 0.385. The van der Waals surface area contributed by atoms with E-state index in [1.807, 2.05) is 0 Å². The lowest BCUT2D eigenvalue weighted by Gasteiger charge is -2.31. The van der Waals surface area contributed by atoms with Crippen LogP contribution in [0.1, 0.15) is 59.8 Å². The first-order chi connectivity index (χ1) is 8.04. The molecule has 1 saturated carbocycles. The smallest absolute Gasteiger partial charge is 0.0469 e. The van der Waals surface area contributed by atoms with E-state index in [-0.39, 0.29) is 0 Å². The maximum absolute atomic E-state index is 5.69. The second kappa shape index (κ2) is 7.38. The van der Waals surface area contributed by atoms with Crippen molar-refractivity contribution in [1.29, 1.82) is 0 Å². The second-order valence-electron chi connectivity index (χ2n) is 6.50. The summed E-state index contributed by atoms with van der Waals surface area (Å²) in [6.45, 7) is 12.3. The van der Waals surface area contributed by atoms with Gasteiger partial charge in [-0.1, -0.05) is 34.1 Å². The van der Waals surface area contributed by atoms with Crippen molar-refractivity contribution in [3.05, 3.63) is 0 Å². The monoisotopic (exact) mass is 241 g/mol. The standard InChI is InChI=1S/C15H31NO/c1-5-6-10-17-11-9-13(15(2,3)4)12-16-14-7-8-14/h13-14,16H,5-12H2,1-4H3. The van der Waals surface area contributed by atoms with Crippen LogP contribution in [-0.4, -0.2) is 25.8 Å². The maximum atomic E-state index is 5.69. The summed E-state index contributed by atoms with van der Waals surface area (Å²) in [6, 6.07) is 0.820. The number of hydrogen-bond acceptors (Lipinski definition) is 2. The van der Waals surface area contributed by atoms with E-state index < -0.39 is 0 Å². The zero-order valence-corrected chi connectivity index (χ0v) is 12.2. The molecular weight excluding hydrogens is 210 g/mol. The van der Waals surface area contributed by atoms with Crippen molar-refractivity contribution in [2.45, 2.75) is 65.8 Å². The van der Waals surface area contributed by atoms with E-state index in [0.717, 1.165) is 31.7 Å². The molecule has 0 aromatic carbocycles. The molecule has 0 bridgehead atoms. The highest BCUT2D eigenvalue weighted by atomic mass is 16.5. The third-order valence-electron chi connectivity index (χ3n) is 3.71. The Hall–Kier alpha value is -0.0800. The van der Waals surface area contributed by atoms with Gasteiger partial charge in [-0.05, 0) is 43.6 Å². The maximum Gasteiger partial charge on any atom is 0.0469 e. The molecule has 0 spiro atoms. The summed E-state index contributed by atoms with van der Waals surface area (Å²) in [4.78, 5) is 0. The van der Waals surface area contributed by atoms with E-state index in [2.05, 4.69) is 33.0 Å². The Morgan fingerprint density at radius 3 is 2.47 bits per heavy atom. The van der Waals surface area contributed by atoms with Gasteiger partial charge in [0.05, 0.1) is 0 Å². The van der Waals surface area contributed by atoms with Gasteiger partial charge in [-0.25, -0.2) is 0 Å². The minimum absolute atomic E-state index is 0.385. The molecule has 2 nitrogen and oxygen atoms in total. The van der Waals surface area contributed by atoms with Crippen LogP contribution in [-0.2, 0) is 4.74 Å². The van der Waals surface area contributed by atoms with E-state index in [4.69, 9.17) is 4.74 Å². The fourth-order valence-electron chi connectivity index (χ4n) is 2.01. The molecule has 0 aliphatic heterocycles. The van der Waals surface area contributed by atoms with Gasteiger partial charge in [0.15, 0.2) is 0 Å². The number of unbranched alkanes of at least 4 members (excludes halogenated alkanes) is 1. The Morgan fingerprint density at radius 1 is 1.24 bits per heavy atom. The largest absolute Gasteiger partial charge is 0.381 e. The lowest BCUT2D eigenvalue weighted by Crippen LogP contribution is -2.33. The lowest BCUT2D eigenvalue weighted by molar-refractivity contribution is 0.0944. The van der Waals surface area contributed by atoms with E-state index in [9.17, 15) is 0 Å². The third-order valence-corrected chi connectivity index (χ3v) is 3.71. The van der Waals surface area contributed by atoms with Crippen molar-refractivity contribution in [3.63, 3.8) is 0 Å². The van der Waals surface area contributed by atoms with Gasteiger partial charge < -0.3 is 10.1 Å². The summed E-state index contributed by atoms with van der Waals surface area (Å²) in [5.74, 6) is 0.727. The first-order valence-corrected chi connectivity index (χ1v) is 7.35. The van der Waals surface area contributed by atoms with Gasteiger partial charge >= 0.3 is 0 Å². The average Bonchev–Trinajstić information content (AvgIpc) is 3.04. The van der Waals surface area contributed by atoms with Gasteiger partial charge in [0, 0.05) is 19.3 Å². The molecule has 17 heavy (non-hydrogen) atoms. The Kier molecular flexibility index (Phi) is 6.50. The van der Waals surface area contributed by atoms with Gasteiger partial charge in [-0.15, -0.1) is 0 Å². The quantitative estimate of drug-likeness (QED) is 0.623. The molecular formula is C15H31NO. The number of nitrogens with one attached hydrogen (secondary N) is 1. The Balaban J connectivity index is 2.15. The summed E-state index contributed by atoms with van der Waals surface area (Å²) in [6.07, 6.45) is 6.37. The van der Waals surface area contributed by atoms with Crippen LogP contribution < -0.4 is 5.32 Å². The second-order valence-corrected chi connectivity index (χ2v) is 6.50. The molecule has 1 aliphatic carbocycles. The molecule has 0 aromatic heterocycles. The van der Waals surface area contributed by atoms with Crippen LogP contribution in [0.2, 0.25) is 0 Å². The van der Waals surface area contributed by atoms with Crippen LogP contribution in [0.5, 0.6) is 0 Å². The van der Waals surface area contributed by atoms with Crippen molar-refractivity contribution >= 4 is 0 Å². The molecule has 1 aliphatic rings. The van der Waals surface area contributed by atoms with Crippen LogP contribution in [0.15, 0.2) is 0 Å². The van der Waals surface area contributed by atoms with Gasteiger partial charge in [0.1, 0.15) is 0 Å². The van der Waals surface area contributed by atoms with Gasteiger partial charge in [-0.3, -0.25) is 0 Å². The lowest BCUT2D eigenvalue weighted by atomic mass is 9.79. The van der Waals surface area contributed by atoms with Crippen LogP contribution in [0, 0.1) is 11.3 Å². The molecule has 0 aromatic rings. The van der Waals surface area contributed by atoms with E-state index in [0.29, 0.717) is 5.41 Å². The number of hydrogen-bond donors (Lipinski definition) is 1. The molecule has 102 valence electrons. The molecule has 1 unspecified atom stereocenters. The summed E-state index contributed by atoms with van der Waals surface area (Å²) >= 11 is 0. The fraction of sp³-hybridized carbons (Fsp3) is 1.00. The highest BCUT2D eigenvalue weighted by Crippen LogP contribution is 2.29. The number of ether oxygens (including phenoxy) is 1. The minimum Gasteiger partial charge on any atom is -0.381 e. The molecule has 0 amide bonds. The molecule has 0 radical (unpaired) electrons. The Bertz CT molecular complexity index is 194. The molecule has 1 atom stereocenters. The highest BCUT2D eigenvalue weighted by Gasteiger charge is 2.27. The van der Waals surface area contributed by atoms with E-state index >= 15 is 0 Å². The zero-order valence-electron chi connectivity index (χ0n) is 12.2. The fourth-order valence-corrected chi connectivity index (χ4v) is 2.01. The molecule has 1 rings (SSSR count). The Labute approximate surface area is 108 Å². The topological polar surface area (TPSA) is 21.3 Å². The number of rotatable bonds is 9. The van der Waals surface area contributed by atoms with Crippen molar-refractivity contribution < 1.29 is 4.74 Å². The predicted molar refractivity (Wildman–Crippen MR) is 74.3 cm³/mol. The van der Waals surface area contributed by atoms with Crippen LogP contribution >= 0.6 is 0 Å². The van der Waals surface area contributed by atoms with Crippen LogP contribution in [0.25, 0.3) is 0 Å². The van der Waals surface area contributed by atoms with Crippen LogP contribution in [0.4, 0.5) is 0 Å². The average molecular weight is 241 g/mol. The van der Waals surface area contributed by atoms with Crippen molar-refractivity contribution in [3.8, 4) is 0 Å². The summed E-state index contributed by atoms with van der Waals surface area (Å²) in [5, 5.41) is 3.66. The normalized spacial score (nSPS) is 18.4. The Morgan fingerprint density at radius 2 is 1.94 bits per heavy atom. The molecule has 0 saturated heterocycles. The first kappa shape index (κ1) is 15.0. The highest BCUT2D eigenvalue weighted by molar-refractivity contribution is 4.84. The zero-order chi connectivity index (χ0) is 12.7. The van der Waals surface area contributed by atoms with Gasteiger partial charge in [-0.2, -0.15) is 0 Å². The van der Waals surface area contributed by atoms with E-state index in [1.54, 1.807) is 0 Å². The molecule has 1 N–H and O–H groups in total. The van der Waals surface area contributed by atoms with Crippen molar-refractivity contribution in [2.75, 3.05) is 19.8 Å². The molecule has 2 heteroatoms.